The molecule has 3 rings (SSSR count). The molecule has 0 fully saturated rings. The molecule has 1 aromatic heterocycles. The van der Waals surface area contributed by atoms with Crippen LogP contribution in [0, 0.1) is 19.7 Å². The third-order valence-corrected chi connectivity index (χ3v) is 3.30. The molecule has 0 atom stereocenters. The Bertz CT molecular complexity index is 816. The van der Waals surface area contributed by atoms with Crippen LogP contribution in [-0.2, 0) is 0 Å². The molecule has 0 radical (unpaired) electrons. The molecule has 0 aliphatic rings. The van der Waals surface area contributed by atoms with Crippen LogP contribution in [-0.4, -0.2) is 9.97 Å². The highest BCUT2D eigenvalue weighted by molar-refractivity contribution is 5.60. The fraction of sp³-hybridized carbons (Fsp3) is 0.111. The Morgan fingerprint density at radius 2 is 1.61 bits per heavy atom. The summed E-state index contributed by atoms with van der Waals surface area (Å²) >= 11 is 0. The van der Waals surface area contributed by atoms with Gasteiger partial charge in [-0.3, -0.25) is 0 Å². The number of para-hydroxylation sites is 1. The summed E-state index contributed by atoms with van der Waals surface area (Å²) in [5.41, 5.74) is 3.26. The van der Waals surface area contributed by atoms with Gasteiger partial charge in [-0.1, -0.05) is 29.8 Å². The molecule has 2 aromatic carbocycles. The van der Waals surface area contributed by atoms with Crippen molar-refractivity contribution in [3.63, 3.8) is 0 Å². The molecule has 0 unspecified atom stereocenters. The van der Waals surface area contributed by atoms with Crippen LogP contribution in [0.5, 0.6) is 0 Å². The molecule has 23 heavy (non-hydrogen) atoms. The van der Waals surface area contributed by atoms with Crippen molar-refractivity contribution in [2.75, 3.05) is 10.6 Å². The molecule has 0 aliphatic heterocycles. The summed E-state index contributed by atoms with van der Waals surface area (Å²) in [6, 6.07) is 16.3. The predicted octanol–water partition coefficient (Wildman–Crippen LogP) is 4.72. The van der Waals surface area contributed by atoms with E-state index in [1.807, 2.05) is 44.2 Å². The van der Waals surface area contributed by atoms with Crippen LogP contribution in [0.1, 0.15) is 11.3 Å². The summed E-state index contributed by atoms with van der Waals surface area (Å²) in [7, 11) is 0. The first-order valence-corrected chi connectivity index (χ1v) is 7.31. The molecule has 2 N–H and O–H groups in total. The highest BCUT2D eigenvalue weighted by Gasteiger charge is 2.06. The lowest BCUT2D eigenvalue weighted by Gasteiger charge is -2.10. The van der Waals surface area contributed by atoms with E-state index < -0.39 is 0 Å². The fourth-order valence-corrected chi connectivity index (χ4v) is 2.16. The van der Waals surface area contributed by atoms with Crippen molar-refractivity contribution in [1.29, 1.82) is 0 Å². The Hall–Kier alpha value is -2.95. The summed E-state index contributed by atoms with van der Waals surface area (Å²) in [4.78, 5) is 8.68. The van der Waals surface area contributed by atoms with Crippen molar-refractivity contribution in [1.82, 2.24) is 9.97 Å². The minimum absolute atomic E-state index is 0.342. The van der Waals surface area contributed by atoms with Gasteiger partial charge in [0.15, 0.2) is 0 Å². The predicted molar refractivity (Wildman–Crippen MR) is 90.9 cm³/mol. The smallest absolute Gasteiger partial charge is 0.229 e. The second-order valence-corrected chi connectivity index (χ2v) is 5.31. The Balaban J connectivity index is 1.84. The minimum atomic E-state index is -0.342. The lowest BCUT2D eigenvalue weighted by atomic mass is 10.2. The maximum absolute atomic E-state index is 13.7. The van der Waals surface area contributed by atoms with E-state index in [2.05, 4.69) is 20.6 Å². The number of rotatable bonds is 4. The lowest BCUT2D eigenvalue weighted by Crippen LogP contribution is -2.03. The number of anilines is 4. The maximum Gasteiger partial charge on any atom is 0.229 e. The number of hydrogen-bond donors (Lipinski definition) is 2. The molecule has 0 saturated carbocycles. The molecule has 0 aliphatic carbocycles. The normalized spacial score (nSPS) is 10.4. The molecule has 5 heteroatoms. The number of benzene rings is 2. The third kappa shape index (κ3) is 3.83. The van der Waals surface area contributed by atoms with E-state index in [0.717, 1.165) is 11.4 Å². The zero-order valence-corrected chi connectivity index (χ0v) is 13.0. The van der Waals surface area contributed by atoms with Crippen molar-refractivity contribution in [3.8, 4) is 0 Å². The van der Waals surface area contributed by atoms with Crippen molar-refractivity contribution in [2.24, 2.45) is 0 Å². The fourth-order valence-electron chi connectivity index (χ4n) is 2.16. The van der Waals surface area contributed by atoms with Crippen LogP contribution in [0.25, 0.3) is 0 Å². The van der Waals surface area contributed by atoms with E-state index in [1.54, 1.807) is 18.2 Å². The summed E-state index contributed by atoms with van der Waals surface area (Å²) in [5.74, 6) is 0.663. The van der Waals surface area contributed by atoms with E-state index in [1.165, 1.54) is 11.6 Å². The average Bonchev–Trinajstić information content (AvgIpc) is 2.51. The molecule has 3 aromatic rings. The van der Waals surface area contributed by atoms with E-state index in [9.17, 15) is 4.39 Å². The van der Waals surface area contributed by atoms with Gasteiger partial charge in [-0.25, -0.2) is 9.37 Å². The second-order valence-electron chi connectivity index (χ2n) is 5.31. The van der Waals surface area contributed by atoms with Crippen LogP contribution < -0.4 is 10.6 Å². The average molecular weight is 308 g/mol. The van der Waals surface area contributed by atoms with Crippen LogP contribution >= 0.6 is 0 Å². The highest BCUT2D eigenvalue weighted by Crippen LogP contribution is 2.20. The molecule has 0 saturated heterocycles. The first-order chi connectivity index (χ1) is 11.1. The van der Waals surface area contributed by atoms with Gasteiger partial charge < -0.3 is 10.6 Å². The van der Waals surface area contributed by atoms with Gasteiger partial charge in [0, 0.05) is 17.4 Å². The van der Waals surface area contributed by atoms with Crippen LogP contribution in [0.3, 0.4) is 0 Å². The molecule has 1 heterocycles. The monoisotopic (exact) mass is 308 g/mol. The lowest BCUT2D eigenvalue weighted by molar-refractivity contribution is 0.631. The number of halogens is 1. The Kier molecular flexibility index (Phi) is 4.19. The largest absolute Gasteiger partial charge is 0.340 e. The Morgan fingerprint density at radius 1 is 0.870 bits per heavy atom. The van der Waals surface area contributed by atoms with Crippen LogP contribution in [0.15, 0.2) is 54.6 Å². The summed E-state index contributed by atoms with van der Waals surface area (Å²) in [5, 5.41) is 6.14. The van der Waals surface area contributed by atoms with Crippen LogP contribution in [0.2, 0.25) is 0 Å². The number of nitrogens with zero attached hydrogens (tertiary/aromatic N) is 2. The van der Waals surface area contributed by atoms with Gasteiger partial charge in [-0.15, -0.1) is 0 Å². The van der Waals surface area contributed by atoms with Crippen molar-refractivity contribution >= 4 is 23.1 Å². The third-order valence-electron chi connectivity index (χ3n) is 3.30. The highest BCUT2D eigenvalue weighted by atomic mass is 19.1. The number of nitrogens with one attached hydrogen (secondary N) is 2. The number of aryl methyl sites for hydroxylation is 2. The Morgan fingerprint density at radius 3 is 2.35 bits per heavy atom. The number of hydrogen-bond acceptors (Lipinski definition) is 4. The van der Waals surface area contributed by atoms with Crippen molar-refractivity contribution < 1.29 is 4.39 Å². The van der Waals surface area contributed by atoms with Crippen LogP contribution in [0.4, 0.5) is 27.5 Å². The maximum atomic E-state index is 13.7. The number of aromatic nitrogens is 2. The van der Waals surface area contributed by atoms with Gasteiger partial charge in [0.1, 0.15) is 11.6 Å². The van der Waals surface area contributed by atoms with E-state index in [0.29, 0.717) is 17.5 Å². The first-order valence-electron chi connectivity index (χ1n) is 7.31. The van der Waals surface area contributed by atoms with E-state index in [-0.39, 0.29) is 5.82 Å². The second kappa shape index (κ2) is 6.44. The summed E-state index contributed by atoms with van der Waals surface area (Å²) in [6.45, 7) is 3.91. The van der Waals surface area contributed by atoms with Gasteiger partial charge in [0.2, 0.25) is 5.95 Å². The molecular formula is C18H17FN4. The van der Waals surface area contributed by atoms with Gasteiger partial charge in [-0.2, -0.15) is 4.98 Å². The van der Waals surface area contributed by atoms with Gasteiger partial charge in [-0.05, 0) is 38.1 Å². The zero-order valence-electron chi connectivity index (χ0n) is 13.0. The van der Waals surface area contributed by atoms with E-state index >= 15 is 0 Å². The molecule has 4 nitrogen and oxygen atoms in total. The van der Waals surface area contributed by atoms with Crippen molar-refractivity contribution in [3.05, 3.63) is 71.7 Å². The molecular weight excluding hydrogens is 291 g/mol. The first kappa shape index (κ1) is 15.0. The molecule has 0 bridgehead atoms. The van der Waals surface area contributed by atoms with Gasteiger partial charge >= 0.3 is 0 Å². The SMILES string of the molecule is Cc1ccc(Nc2cc(C)nc(Nc3ccccc3F)n2)cc1. The molecule has 0 spiro atoms. The standard InChI is InChI=1S/C18H17FN4/c1-12-7-9-14(10-8-12)21-17-11-13(2)20-18(23-17)22-16-6-4-3-5-15(16)19/h3-11H,1-2H3,(H2,20,21,22,23). The molecule has 0 amide bonds. The summed E-state index contributed by atoms with van der Waals surface area (Å²) < 4.78 is 13.7. The minimum Gasteiger partial charge on any atom is -0.340 e. The van der Waals surface area contributed by atoms with Crippen molar-refractivity contribution in [2.45, 2.75) is 13.8 Å². The zero-order chi connectivity index (χ0) is 16.2. The van der Waals surface area contributed by atoms with Gasteiger partial charge in [0.05, 0.1) is 5.69 Å². The molecule has 116 valence electrons. The Labute approximate surface area is 134 Å². The summed E-state index contributed by atoms with van der Waals surface area (Å²) in [6.07, 6.45) is 0. The quantitative estimate of drug-likeness (QED) is 0.732. The van der Waals surface area contributed by atoms with E-state index in [4.69, 9.17) is 0 Å². The topological polar surface area (TPSA) is 49.8 Å². The van der Waals surface area contributed by atoms with Gasteiger partial charge in [0.25, 0.3) is 0 Å².